The number of nitrogen functional groups attached to an aromatic ring is 1. The molecule has 1 aliphatic heterocycles. The maximum atomic E-state index is 11.6. The van der Waals surface area contributed by atoms with Crippen molar-refractivity contribution in [1.82, 2.24) is 9.97 Å². The average Bonchev–Trinajstić information content (AvgIpc) is 3.14. The molecule has 1 aliphatic rings. The van der Waals surface area contributed by atoms with Crippen LogP contribution < -0.4 is 15.2 Å². The number of anilines is 1. The van der Waals surface area contributed by atoms with E-state index in [0.29, 0.717) is 17.0 Å². The molecule has 0 unspecified atom stereocenters. The third-order valence-electron chi connectivity index (χ3n) is 4.09. The number of ether oxygens (including phenoxy) is 2. The fourth-order valence-electron chi connectivity index (χ4n) is 2.85. The summed E-state index contributed by atoms with van der Waals surface area (Å²) in [6, 6.07) is 9.82. The summed E-state index contributed by atoms with van der Waals surface area (Å²) in [6.07, 6.45) is 3.20. The minimum atomic E-state index is -0.543. The maximum absolute atomic E-state index is 11.6. The van der Waals surface area contributed by atoms with Gasteiger partial charge >= 0.3 is 0 Å². The van der Waals surface area contributed by atoms with Crippen molar-refractivity contribution in [2.75, 3.05) is 12.5 Å². The molecule has 2 N–H and O–H groups in total. The van der Waals surface area contributed by atoms with Gasteiger partial charge in [-0.3, -0.25) is 15.1 Å². The van der Waals surface area contributed by atoms with E-state index in [0.717, 1.165) is 0 Å². The Balaban J connectivity index is 2.00. The Bertz CT molecular complexity index is 1110. The van der Waals surface area contributed by atoms with Gasteiger partial charge in [0.25, 0.3) is 5.69 Å². The zero-order valence-electron chi connectivity index (χ0n) is 13.7. The van der Waals surface area contributed by atoms with Gasteiger partial charge in [0.2, 0.25) is 6.79 Å². The van der Waals surface area contributed by atoms with Crippen molar-refractivity contribution in [1.29, 1.82) is 5.26 Å². The van der Waals surface area contributed by atoms with E-state index in [2.05, 4.69) is 9.97 Å². The van der Waals surface area contributed by atoms with Crippen LogP contribution in [0.1, 0.15) is 5.56 Å². The Kier molecular flexibility index (Phi) is 3.78. The summed E-state index contributed by atoms with van der Waals surface area (Å²) in [5, 5.41) is 21.1. The molecule has 0 bridgehead atoms. The van der Waals surface area contributed by atoms with Crippen LogP contribution in [0.3, 0.4) is 0 Å². The lowest BCUT2D eigenvalue weighted by molar-refractivity contribution is -0.384. The lowest BCUT2D eigenvalue weighted by Crippen LogP contribution is -2.01. The van der Waals surface area contributed by atoms with Gasteiger partial charge in [0.15, 0.2) is 11.5 Å². The summed E-state index contributed by atoms with van der Waals surface area (Å²) >= 11 is 0. The normalized spacial score (nSPS) is 11.8. The van der Waals surface area contributed by atoms with Crippen LogP contribution >= 0.6 is 0 Å². The first-order valence-electron chi connectivity index (χ1n) is 7.78. The summed E-state index contributed by atoms with van der Waals surface area (Å²) in [5.74, 6) is 0.608. The summed E-state index contributed by atoms with van der Waals surface area (Å²) in [5.41, 5.74) is 7.38. The first kappa shape index (κ1) is 16.3. The van der Waals surface area contributed by atoms with Crippen molar-refractivity contribution < 1.29 is 14.4 Å². The predicted molar refractivity (Wildman–Crippen MR) is 94.8 cm³/mol. The van der Waals surface area contributed by atoms with Crippen molar-refractivity contribution in [3.8, 4) is 40.0 Å². The molecule has 9 heteroatoms. The maximum Gasteiger partial charge on any atom is 0.281 e. The molecule has 27 heavy (non-hydrogen) atoms. The smallest absolute Gasteiger partial charge is 0.281 e. The van der Waals surface area contributed by atoms with Crippen LogP contribution in [0.2, 0.25) is 0 Å². The van der Waals surface area contributed by atoms with E-state index >= 15 is 0 Å². The van der Waals surface area contributed by atoms with Gasteiger partial charge in [-0.1, -0.05) is 0 Å². The van der Waals surface area contributed by atoms with Crippen molar-refractivity contribution >= 4 is 11.5 Å². The molecule has 1 aromatic carbocycles. The van der Waals surface area contributed by atoms with Crippen LogP contribution in [0.4, 0.5) is 11.5 Å². The number of aromatic nitrogens is 2. The van der Waals surface area contributed by atoms with E-state index in [4.69, 9.17) is 15.2 Å². The minimum Gasteiger partial charge on any atom is -0.454 e. The Morgan fingerprint density at radius 1 is 1.22 bits per heavy atom. The Morgan fingerprint density at radius 2 is 2.00 bits per heavy atom. The van der Waals surface area contributed by atoms with Crippen LogP contribution in [0, 0.1) is 21.4 Å². The highest BCUT2D eigenvalue weighted by Crippen LogP contribution is 2.44. The molecule has 0 saturated heterocycles. The molecule has 0 radical (unpaired) electrons. The van der Waals surface area contributed by atoms with Gasteiger partial charge in [-0.15, -0.1) is 0 Å². The molecule has 0 spiro atoms. The number of pyridine rings is 2. The summed E-state index contributed by atoms with van der Waals surface area (Å²) in [4.78, 5) is 19.3. The Labute approximate surface area is 152 Å². The number of nitro benzene ring substituents is 1. The van der Waals surface area contributed by atoms with Crippen molar-refractivity contribution in [3.05, 3.63) is 58.4 Å². The standard InChI is InChI=1S/C18H11N5O4/c19-7-13-11(4-14(22-18(13)20)10-2-1-3-21-8-10)12-5-16-17(27-9-26-16)6-15(12)23(24)25/h1-6,8H,9H2,(H2,20,22). The number of fused-ring (bicyclic) bond motifs is 1. The number of nitro groups is 1. The van der Waals surface area contributed by atoms with Crippen molar-refractivity contribution in [3.63, 3.8) is 0 Å². The first-order chi connectivity index (χ1) is 13.1. The molecule has 3 aromatic rings. The largest absolute Gasteiger partial charge is 0.454 e. The highest BCUT2D eigenvalue weighted by molar-refractivity contribution is 5.86. The first-order valence-corrected chi connectivity index (χ1v) is 7.78. The summed E-state index contributed by atoms with van der Waals surface area (Å²) in [7, 11) is 0. The van der Waals surface area contributed by atoms with Gasteiger partial charge in [0.05, 0.1) is 22.2 Å². The Hall–Kier alpha value is -4.19. The summed E-state index contributed by atoms with van der Waals surface area (Å²) < 4.78 is 10.5. The number of rotatable bonds is 3. The number of nitriles is 1. The highest BCUT2D eigenvalue weighted by atomic mass is 16.7. The predicted octanol–water partition coefficient (Wildman–Crippen LogP) is 2.90. The molecule has 0 fully saturated rings. The van der Waals surface area contributed by atoms with E-state index in [-0.39, 0.29) is 40.7 Å². The van der Waals surface area contributed by atoms with Crippen LogP contribution in [0.5, 0.6) is 11.5 Å². The molecule has 4 rings (SSSR count). The Morgan fingerprint density at radius 3 is 2.67 bits per heavy atom. The second kappa shape index (κ2) is 6.27. The van der Waals surface area contributed by atoms with Gasteiger partial charge < -0.3 is 15.2 Å². The van der Waals surface area contributed by atoms with Gasteiger partial charge in [-0.2, -0.15) is 5.26 Å². The number of nitrogens with zero attached hydrogens (tertiary/aromatic N) is 4. The molecule has 9 nitrogen and oxygen atoms in total. The van der Waals surface area contributed by atoms with Gasteiger partial charge in [0, 0.05) is 23.5 Å². The lowest BCUT2D eigenvalue weighted by Gasteiger charge is -2.11. The van der Waals surface area contributed by atoms with Crippen molar-refractivity contribution in [2.45, 2.75) is 0 Å². The number of nitrogens with two attached hydrogens (primary N) is 1. The van der Waals surface area contributed by atoms with E-state index in [1.165, 1.54) is 12.1 Å². The second-order valence-electron chi connectivity index (χ2n) is 5.65. The molecule has 3 heterocycles. The molecule has 0 saturated carbocycles. The molecule has 0 atom stereocenters. The number of hydrogen-bond acceptors (Lipinski definition) is 8. The third kappa shape index (κ3) is 2.75. The topological polar surface area (TPSA) is 137 Å². The highest BCUT2D eigenvalue weighted by Gasteiger charge is 2.27. The molecular weight excluding hydrogens is 350 g/mol. The van der Waals surface area contributed by atoms with Gasteiger partial charge in [0.1, 0.15) is 17.5 Å². The SMILES string of the molecule is N#Cc1c(-c2cc3c(cc2[N+](=O)[O-])OCO3)cc(-c2cccnc2)nc1N. The lowest BCUT2D eigenvalue weighted by atomic mass is 9.97. The zero-order chi connectivity index (χ0) is 19.0. The quantitative estimate of drug-likeness (QED) is 0.555. The molecule has 132 valence electrons. The fourth-order valence-corrected chi connectivity index (χ4v) is 2.85. The van der Waals surface area contributed by atoms with E-state index in [9.17, 15) is 15.4 Å². The third-order valence-corrected chi connectivity index (χ3v) is 4.09. The minimum absolute atomic E-state index is 0.0270. The van der Waals surface area contributed by atoms with Crippen LogP contribution in [-0.2, 0) is 0 Å². The van der Waals surface area contributed by atoms with E-state index in [1.54, 1.807) is 30.6 Å². The van der Waals surface area contributed by atoms with Gasteiger partial charge in [-0.25, -0.2) is 4.98 Å². The second-order valence-corrected chi connectivity index (χ2v) is 5.65. The molecule has 0 amide bonds. The molecule has 2 aromatic heterocycles. The number of benzene rings is 1. The van der Waals surface area contributed by atoms with Crippen LogP contribution in [0.25, 0.3) is 22.4 Å². The van der Waals surface area contributed by atoms with E-state index < -0.39 is 4.92 Å². The van der Waals surface area contributed by atoms with Crippen LogP contribution in [-0.4, -0.2) is 21.7 Å². The van der Waals surface area contributed by atoms with Gasteiger partial charge in [-0.05, 0) is 24.3 Å². The summed E-state index contributed by atoms with van der Waals surface area (Å²) in [6.45, 7) is -0.0273. The fraction of sp³-hybridized carbons (Fsp3) is 0.0556. The van der Waals surface area contributed by atoms with E-state index in [1.807, 2.05) is 6.07 Å². The molecular formula is C18H11N5O4. The van der Waals surface area contributed by atoms with Crippen LogP contribution in [0.15, 0.2) is 42.7 Å². The average molecular weight is 361 g/mol. The zero-order valence-corrected chi connectivity index (χ0v) is 13.7. The monoisotopic (exact) mass is 361 g/mol. The number of hydrogen-bond donors (Lipinski definition) is 1. The van der Waals surface area contributed by atoms with Crippen molar-refractivity contribution in [2.24, 2.45) is 0 Å². The molecule has 0 aliphatic carbocycles.